The lowest BCUT2D eigenvalue weighted by molar-refractivity contribution is -0.111. The summed E-state index contributed by atoms with van der Waals surface area (Å²) in [6.07, 6.45) is 3.05. The van der Waals surface area contributed by atoms with Crippen LogP contribution in [0.4, 0.5) is 5.00 Å². The molecule has 1 N–H and O–H groups in total. The van der Waals surface area contributed by atoms with Crippen LogP contribution in [0.25, 0.3) is 6.08 Å². The second-order valence-electron chi connectivity index (χ2n) is 4.60. The van der Waals surface area contributed by atoms with Crippen LogP contribution in [0.1, 0.15) is 26.4 Å². The number of anilines is 1. The van der Waals surface area contributed by atoms with Gasteiger partial charge in [-0.05, 0) is 24.1 Å². The maximum atomic E-state index is 12.0. The lowest BCUT2D eigenvalue weighted by Gasteiger charge is -1.99. The minimum atomic E-state index is -0.524. The number of carbonyl (C=O) groups excluding carboxylic acids is 2. The van der Waals surface area contributed by atoms with Gasteiger partial charge in [0.15, 0.2) is 0 Å². The van der Waals surface area contributed by atoms with Crippen molar-refractivity contribution in [2.75, 3.05) is 12.4 Å². The third-order valence-corrected chi connectivity index (χ3v) is 4.28. The molecule has 1 aromatic carbocycles. The van der Waals surface area contributed by atoms with Crippen LogP contribution < -0.4 is 5.32 Å². The van der Waals surface area contributed by atoms with Gasteiger partial charge >= 0.3 is 5.97 Å². The predicted molar refractivity (Wildman–Crippen MR) is 89.2 cm³/mol. The number of nitrogens with zero attached hydrogens (tertiary/aromatic N) is 1. The zero-order chi connectivity index (χ0) is 16.8. The predicted octanol–water partition coefficient (Wildman–Crippen LogP) is 3.37. The van der Waals surface area contributed by atoms with E-state index in [2.05, 4.69) is 10.1 Å². The Bertz CT molecular complexity index is 801. The van der Waals surface area contributed by atoms with Gasteiger partial charge in [-0.1, -0.05) is 30.3 Å². The Balaban J connectivity index is 2.20. The van der Waals surface area contributed by atoms with E-state index in [0.29, 0.717) is 15.4 Å². The van der Waals surface area contributed by atoms with E-state index < -0.39 is 5.97 Å². The third kappa shape index (κ3) is 3.84. The van der Waals surface area contributed by atoms with Crippen molar-refractivity contribution in [1.29, 1.82) is 5.26 Å². The molecule has 0 spiro atoms. The molecule has 0 aliphatic rings. The molecule has 0 unspecified atom stereocenters. The molecule has 0 aliphatic carbocycles. The Hall–Kier alpha value is -2.91. The second kappa shape index (κ2) is 7.38. The quantitative estimate of drug-likeness (QED) is 0.690. The Labute approximate surface area is 137 Å². The number of nitrogens with one attached hydrogen (secondary N) is 1. The molecule has 0 fully saturated rings. The van der Waals surface area contributed by atoms with Crippen molar-refractivity contribution in [3.63, 3.8) is 0 Å². The highest BCUT2D eigenvalue weighted by Crippen LogP contribution is 2.32. The first-order chi connectivity index (χ1) is 11.1. The number of hydrogen-bond donors (Lipinski definition) is 1. The van der Waals surface area contributed by atoms with Gasteiger partial charge < -0.3 is 10.1 Å². The van der Waals surface area contributed by atoms with E-state index in [0.717, 1.165) is 16.9 Å². The number of esters is 1. The van der Waals surface area contributed by atoms with Gasteiger partial charge in [-0.15, -0.1) is 11.3 Å². The van der Waals surface area contributed by atoms with Crippen molar-refractivity contribution in [3.8, 4) is 6.07 Å². The van der Waals surface area contributed by atoms with E-state index in [1.165, 1.54) is 13.2 Å². The van der Waals surface area contributed by atoms with Crippen molar-refractivity contribution in [1.82, 2.24) is 0 Å². The summed E-state index contributed by atoms with van der Waals surface area (Å²) in [5, 5.41) is 12.2. The van der Waals surface area contributed by atoms with Crippen LogP contribution >= 0.6 is 11.3 Å². The number of hydrogen-bond acceptors (Lipinski definition) is 5. The molecule has 1 aromatic heterocycles. The molecular formula is C17H14N2O3S. The van der Waals surface area contributed by atoms with E-state index >= 15 is 0 Å². The van der Waals surface area contributed by atoms with Crippen LogP contribution in [0.3, 0.4) is 0 Å². The van der Waals surface area contributed by atoms with Gasteiger partial charge in [0.05, 0.1) is 12.7 Å². The van der Waals surface area contributed by atoms with Crippen molar-refractivity contribution in [2.24, 2.45) is 0 Å². The van der Waals surface area contributed by atoms with Gasteiger partial charge in [-0.2, -0.15) is 5.26 Å². The summed E-state index contributed by atoms with van der Waals surface area (Å²) >= 11 is 1.03. The van der Waals surface area contributed by atoms with Gasteiger partial charge in [0, 0.05) is 6.08 Å². The zero-order valence-electron chi connectivity index (χ0n) is 12.6. The molecule has 5 nitrogen and oxygen atoms in total. The minimum absolute atomic E-state index is 0.275. The summed E-state index contributed by atoms with van der Waals surface area (Å²) in [7, 11) is 1.27. The Morgan fingerprint density at radius 3 is 2.61 bits per heavy atom. The monoisotopic (exact) mass is 326 g/mol. The van der Waals surface area contributed by atoms with E-state index in [1.807, 2.05) is 36.4 Å². The van der Waals surface area contributed by atoms with Gasteiger partial charge in [-0.25, -0.2) is 4.79 Å². The van der Waals surface area contributed by atoms with Crippen LogP contribution in [-0.4, -0.2) is 19.0 Å². The average Bonchev–Trinajstić information content (AvgIpc) is 2.88. The zero-order valence-corrected chi connectivity index (χ0v) is 13.4. The largest absolute Gasteiger partial charge is 0.465 e. The van der Waals surface area contributed by atoms with E-state index in [4.69, 9.17) is 0 Å². The molecule has 1 amide bonds. The van der Waals surface area contributed by atoms with Crippen LogP contribution in [0.5, 0.6) is 0 Å². The van der Waals surface area contributed by atoms with Gasteiger partial charge in [0.25, 0.3) is 0 Å². The maximum Gasteiger partial charge on any atom is 0.348 e. The maximum absolute atomic E-state index is 12.0. The molecule has 0 saturated carbocycles. The fourth-order valence-corrected chi connectivity index (χ4v) is 2.99. The molecule has 23 heavy (non-hydrogen) atoms. The number of thiophene rings is 1. The van der Waals surface area contributed by atoms with E-state index in [1.54, 1.807) is 13.0 Å². The highest BCUT2D eigenvalue weighted by Gasteiger charge is 2.21. The average molecular weight is 326 g/mol. The second-order valence-corrected chi connectivity index (χ2v) is 5.62. The highest BCUT2D eigenvalue weighted by molar-refractivity contribution is 7.18. The van der Waals surface area contributed by atoms with Gasteiger partial charge in [0.2, 0.25) is 5.91 Å². The molecule has 2 rings (SSSR count). The minimum Gasteiger partial charge on any atom is -0.465 e. The molecule has 2 aromatic rings. The summed E-state index contributed by atoms with van der Waals surface area (Å²) in [4.78, 5) is 24.0. The summed E-state index contributed by atoms with van der Waals surface area (Å²) < 4.78 is 4.68. The van der Waals surface area contributed by atoms with Crippen LogP contribution in [0.15, 0.2) is 36.4 Å². The van der Waals surface area contributed by atoms with Crippen LogP contribution in [-0.2, 0) is 9.53 Å². The summed E-state index contributed by atoms with van der Waals surface area (Å²) in [6.45, 7) is 1.65. The van der Waals surface area contributed by atoms with Gasteiger partial charge in [0.1, 0.15) is 15.9 Å². The molecule has 1 heterocycles. The van der Waals surface area contributed by atoms with E-state index in [9.17, 15) is 14.9 Å². The standard InChI is InChI=1S/C17H14N2O3S/c1-11-13(10-18)16(23-15(11)17(21)22-2)19-14(20)9-8-12-6-4-3-5-7-12/h3-9H,1-2H3,(H,19,20)/b9-8+. The highest BCUT2D eigenvalue weighted by atomic mass is 32.1. The lowest BCUT2D eigenvalue weighted by atomic mass is 10.2. The molecule has 0 saturated heterocycles. The summed E-state index contributed by atoms with van der Waals surface area (Å²) in [5.74, 6) is -0.896. The number of ether oxygens (including phenoxy) is 1. The van der Waals surface area contributed by atoms with Crippen molar-refractivity contribution < 1.29 is 14.3 Å². The Morgan fingerprint density at radius 2 is 2.00 bits per heavy atom. The first-order valence-electron chi connectivity index (χ1n) is 6.72. The third-order valence-electron chi connectivity index (χ3n) is 3.09. The summed E-state index contributed by atoms with van der Waals surface area (Å²) in [6, 6.07) is 11.4. The number of carbonyl (C=O) groups is 2. The molecule has 0 aliphatic heterocycles. The number of rotatable bonds is 4. The topological polar surface area (TPSA) is 79.2 Å². The molecule has 0 bridgehead atoms. The normalized spacial score (nSPS) is 10.3. The first-order valence-corrected chi connectivity index (χ1v) is 7.54. The molecule has 0 radical (unpaired) electrons. The van der Waals surface area contributed by atoms with Crippen LogP contribution in [0.2, 0.25) is 0 Å². The van der Waals surface area contributed by atoms with Crippen molar-refractivity contribution in [3.05, 3.63) is 58.0 Å². The fourth-order valence-electron chi connectivity index (χ4n) is 1.91. The Kier molecular flexibility index (Phi) is 5.28. The molecule has 6 heteroatoms. The number of methoxy groups -OCH3 is 1. The Morgan fingerprint density at radius 1 is 1.30 bits per heavy atom. The van der Waals surface area contributed by atoms with E-state index in [-0.39, 0.29) is 11.5 Å². The fraction of sp³-hybridized carbons (Fsp3) is 0.118. The SMILES string of the molecule is COC(=O)c1sc(NC(=O)/C=C/c2ccccc2)c(C#N)c1C. The summed E-state index contributed by atoms with van der Waals surface area (Å²) in [5.41, 5.74) is 1.67. The van der Waals surface area contributed by atoms with Crippen molar-refractivity contribution >= 4 is 34.3 Å². The van der Waals surface area contributed by atoms with Gasteiger partial charge in [-0.3, -0.25) is 4.79 Å². The first kappa shape index (κ1) is 16.5. The molecule has 116 valence electrons. The number of amides is 1. The molecule has 0 atom stereocenters. The number of benzene rings is 1. The van der Waals surface area contributed by atoms with Crippen LogP contribution in [0, 0.1) is 18.3 Å². The van der Waals surface area contributed by atoms with Crippen molar-refractivity contribution in [2.45, 2.75) is 6.92 Å². The number of nitriles is 1. The lowest BCUT2D eigenvalue weighted by Crippen LogP contribution is -2.07. The smallest absolute Gasteiger partial charge is 0.348 e. The molecular weight excluding hydrogens is 312 g/mol.